The van der Waals surface area contributed by atoms with Crippen molar-refractivity contribution in [1.82, 2.24) is 4.98 Å². The fraction of sp³-hybridized carbons (Fsp3) is 0.154. The lowest BCUT2D eigenvalue weighted by Gasteiger charge is -2.11. The Hall–Kier alpha value is -2.01. The zero-order valence-corrected chi connectivity index (χ0v) is 10.6. The molecule has 2 aromatic rings. The lowest BCUT2D eigenvalue weighted by molar-refractivity contribution is 0.438. The maximum absolute atomic E-state index is 13.7. The molecule has 0 aliphatic carbocycles. The van der Waals surface area contributed by atoms with Crippen molar-refractivity contribution >= 4 is 23.1 Å². The van der Waals surface area contributed by atoms with E-state index < -0.39 is 5.82 Å². The number of nitrogen functional groups attached to an aromatic ring is 1. The van der Waals surface area contributed by atoms with Gasteiger partial charge < -0.3 is 15.8 Å². The zero-order chi connectivity index (χ0) is 13.4. The van der Waals surface area contributed by atoms with E-state index in [1.165, 1.54) is 12.1 Å². The summed E-state index contributed by atoms with van der Waals surface area (Å²) in [7, 11) is 0. The van der Waals surface area contributed by atoms with Crippen molar-refractivity contribution in [3.63, 3.8) is 0 Å². The van der Waals surface area contributed by atoms with E-state index in [0.717, 1.165) is 5.56 Å². The number of hydrogen-bond donors (Lipinski definition) is 2. The first-order valence-electron chi connectivity index (χ1n) is 5.75. The lowest BCUT2D eigenvalue weighted by Crippen LogP contribution is -1.96. The summed E-state index contributed by atoms with van der Waals surface area (Å²) in [6, 6.07) is 5.95. The first-order chi connectivity index (χ1) is 9.15. The number of rotatable bonds is 2. The lowest BCUT2D eigenvalue weighted by atomic mass is 10.2. The summed E-state index contributed by atoms with van der Waals surface area (Å²) in [5, 5.41) is 2.82. The van der Waals surface area contributed by atoms with Gasteiger partial charge in [0.1, 0.15) is 11.6 Å². The Balaban J connectivity index is 1.98. The second kappa shape index (κ2) is 4.59. The van der Waals surface area contributed by atoms with Crippen LogP contribution in [0.5, 0.6) is 11.5 Å². The molecule has 4 nitrogen and oxygen atoms in total. The molecule has 19 heavy (non-hydrogen) atoms. The van der Waals surface area contributed by atoms with E-state index in [0.29, 0.717) is 23.8 Å². The number of anilines is 2. The van der Waals surface area contributed by atoms with Crippen LogP contribution in [-0.4, -0.2) is 11.5 Å². The third kappa shape index (κ3) is 2.17. The number of benzene rings is 1. The summed E-state index contributed by atoms with van der Waals surface area (Å²) < 4.78 is 19.3. The maximum atomic E-state index is 13.7. The van der Waals surface area contributed by atoms with E-state index in [1.54, 1.807) is 18.3 Å². The molecule has 6 heteroatoms. The number of halogens is 2. The highest BCUT2D eigenvalue weighted by molar-refractivity contribution is 6.22. The van der Waals surface area contributed by atoms with Crippen molar-refractivity contribution in [1.29, 1.82) is 0 Å². The van der Waals surface area contributed by atoms with Crippen LogP contribution in [0.2, 0.25) is 0 Å². The molecule has 1 aromatic carbocycles. The number of fused-ring (bicyclic) bond motifs is 1. The summed E-state index contributed by atoms with van der Waals surface area (Å²) in [6.45, 7) is 0.578. The van der Waals surface area contributed by atoms with Gasteiger partial charge in [0.05, 0.1) is 10.9 Å². The van der Waals surface area contributed by atoms with Gasteiger partial charge in [0.25, 0.3) is 0 Å². The highest BCUT2D eigenvalue weighted by Crippen LogP contribution is 2.41. The van der Waals surface area contributed by atoms with Gasteiger partial charge in [0.15, 0.2) is 11.6 Å². The number of alkyl halides is 1. The van der Waals surface area contributed by atoms with Gasteiger partial charge in [-0.3, -0.25) is 0 Å². The van der Waals surface area contributed by atoms with E-state index in [1.807, 2.05) is 0 Å². The van der Waals surface area contributed by atoms with E-state index in [9.17, 15) is 4.39 Å². The smallest absolute Gasteiger partial charge is 0.167 e. The minimum absolute atomic E-state index is 0.110. The third-order valence-corrected chi connectivity index (χ3v) is 3.26. The van der Waals surface area contributed by atoms with Crippen LogP contribution in [0.15, 0.2) is 30.5 Å². The molecule has 0 radical (unpaired) electrons. The van der Waals surface area contributed by atoms with Crippen LogP contribution in [0.1, 0.15) is 10.9 Å². The first kappa shape index (κ1) is 12.0. The van der Waals surface area contributed by atoms with E-state index in [4.69, 9.17) is 22.1 Å². The number of hydrogen-bond acceptors (Lipinski definition) is 4. The van der Waals surface area contributed by atoms with Gasteiger partial charge in [-0.25, -0.2) is 9.37 Å². The maximum Gasteiger partial charge on any atom is 0.167 e. The molecule has 1 unspecified atom stereocenters. The normalized spacial score (nSPS) is 16.8. The summed E-state index contributed by atoms with van der Waals surface area (Å²) in [4.78, 5) is 4.16. The summed E-state index contributed by atoms with van der Waals surface area (Å²) in [5.41, 5.74) is 6.60. The minimum Gasteiger partial charge on any atom is -0.454 e. The van der Waals surface area contributed by atoms with Gasteiger partial charge >= 0.3 is 0 Å². The van der Waals surface area contributed by atoms with Crippen LogP contribution in [-0.2, 0) is 0 Å². The molecule has 3 N–H and O–H groups in total. The van der Waals surface area contributed by atoms with E-state index in [2.05, 4.69) is 10.3 Å². The monoisotopic (exact) mass is 279 g/mol. The average Bonchev–Trinajstić information content (AvgIpc) is 2.76. The molecule has 0 saturated heterocycles. The Morgan fingerprint density at radius 3 is 3.00 bits per heavy atom. The number of nitrogens with one attached hydrogen (secondary N) is 1. The molecule has 3 rings (SSSR count). The molecule has 98 valence electrons. The van der Waals surface area contributed by atoms with Gasteiger partial charge in [0.2, 0.25) is 0 Å². The van der Waals surface area contributed by atoms with Crippen molar-refractivity contribution in [2.24, 2.45) is 0 Å². The van der Waals surface area contributed by atoms with Gasteiger partial charge in [0, 0.05) is 24.5 Å². The zero-order valence-electron chi connectivity index (χ0n) is 9.86. The number of nitrogens with zero attached hydrogens (tertiary/aromatic N) is 1. The molecule has 1 aliphatic rings. The fourth-order valence-electron chi connectivity index (χ4n) is 1.99. The molecule has 1 atom stereocenters. The SMILES string of the molecule is Nc1ccc(Oc2ccnc3c2C(Cl)CN3)c(F)c1. The third-order valence-electron chi connectivity index (χ3n) is 2.89. The summed E-state index contributed by atoms with van der Waals surface area (Å²) in [5.74, 6) is 0.771. The molecule has 1 aromatic heterocycles. The van der Waals surface area contributed by atoms with Crippen LogP contribution < -0.4 is 15.8 Å². The van der Waals surface area contributed by atoms with Gasteiger partial charge in [-0.15, -0.1) is 11.6 Å². The molecule has 0 spiro atoms. The van der Waals surface area contributed by atoms with Crippen LogP contribution in [0.3, 0.4) is 0 Å². The molecule has 0 saturated carbocycles. The Morgan fingerprint density at radius 2 is 2.21 bits per heavy atom. The topological polar surface area (TPSA) is 60.2 Å². The van der Waals surface area contributed by atoms with Gasteiger partial charge in [-0.05, 0) is 18.2 Å². The minimum atomic E-state index is -0.511. The predicted molar refractivity (Wildman–Crippen MR) is 72.2 cm³/mol. The predicted octanol–water partition coefficient (Wildman–Crippen LogP) is 3.30. The first-order valence-corrected chi connectivity index (χ1v) is 6.18. The largest absolute Gasteiger partial charge is 0.454 e. The Labute approximate surface area is 114 Å². The average molecular weight is 280 g/mol. The number of ether oxygens (including phenoxy) is 1. The van der Waals surface area contributed by atoms with Crippen molar-refractivity contribution < 1.29 is 9.13 Å². The van der Waals surface area contributed by atoms with E-state index >= 15 is 0 Å². The quantitative estimate of drug-likeness (QED) is 0.654. The number of aromatic nitrogens is 1. The van der Waals surface area contributed by atoms with Crippen LogP contribution in [0, 0.1) is 5.82 Å². The van der Waals surface area contributed by atoms with Crippen LogP contribution >= 0.6 is 11.6 Å². The fourth-order valence-corrected chi connectivity index (χ4v) is 2.28. The van der Waals surface area contributed by atoms with Crippen molar-refractivity contribution in [3.05, 3.63) is 41.8 Å². The second-order valence-corrected chi connectivity index (χ2v) is 4.74. The Bertz CT molecular complexity index is 635. The van der Waals surface area contributed by atoms with Gasteiger partial charge in [-0.2, -0.15) is 0 Å². The number of pyridine rings is 1. The summed E-state index contributed by atoms with van der Waals surface area (Å²) in [6.07, 6.45) is 1.59. The molecular weight excluding hydrogens is 269 g/mol. The van der Waals surface area contributed by atoms with Crippen LogP contribution in [0.25, 0.3) is 0 Å². The molecule has 2 heterocycles. The number of nitrogens with two attached hydrogens (primary N) is 1. The molecule has 0 bridgehead atoms. The molecule has 0 amide bonds. The summed E-state index contributed by atoms with van der Waals surface area (Å²) >= 11 is 6.18. The van der Waals surface area contributed by atoms with Gasteiger partial charge in [-0.1, -0.05) is 0 Å². The van der Waals surface area contributed by atoms with Crippen molar-refractivity contribution in [2.45, 2.75) is 5.38 Å². The molecule has 1 aliphatic heterocycles. The standard InChI is InChI=1S/C13H11ClFN3O/c14-8-6-18-13-12(8)11(3-4-17-13)19-10-2-1-7(16)5-9(10)15/h1-5,8H,6,16H2,(H,17,18). The second-order valence-electron chi connectivity index (χ2n) is 4.21. The van der Waals surface area contributed by atoms with Crippen molar-refractivity contribution in [2.75, 3.05) is 17.6 Å². The van der Waals surface area contributed by atoms with Crippen molar-refractivity contribution in [3.8, 4) is 11.5 Å². The molecule has 0 fully saturated rings. The highest BCUT2D eigenvalue weighted by Gasteiger charge is 2.26. The van der Waals surface area contributed by atoms with E-state index in [-0.39, 0.29) is 11.1 Å². The highest BCUT2D eigenvalue weighted by atomic mass is 35.5. The Morgan fingerprint density at radius 1 is 1.37 bits per heavy atom. The van der Waals surface area contributed by atoms with Crippen LogP contribution in [0.4, 0.5) is 15.9 Å². The molecular formula is C13H11ClFN3O. The Kier molecular flexibility index (Phi) is 2.91.